The monoisotopic (exact) mass is 436 g/mol. The quantitative estimate of drug-likeness (QED) is 0.610. The Bertz CT molecular complexity index is 1210. The molecule has 0 radical (unpaired) electrons. The third kappa shape index (κ3) is 5.09. The fourth-order valence-electron chi connectivity index (χ4n) is 2.87. The molecule has 0 heterocycles. The highest BCUT2D eigenvalue weighted by molar-refractivity contribution is 7.99. The summed E-state index contributed by atoms with van der Waals surface area (Å²) in [6.45, 7) is 1.84. The maximum Gasteiger partial charge on any atom is 0.252 e. The number of rotatable bonds is 6. The van der Waals surface area contributed by atoms with Crippen molar-refractivity contribution in [3.05, 3.63) is 89.5 Å². The molecule has 0 spiro atoms. The summed E-state index contributed by atoms with van der Waals surface area (Å²) in [7, 11) is -3.27. The molecule has 0 aliphatic rings. The molecular weight excluding hydrogens is 416 g/mol. The first-order chi connectivity index (χ1) is 14.3. The summed E-state index contributed by atoms with van der Waals surface area (Å²) >= 11 is 1.37. The Labute approximate surface area is 180 Å². The summed E-state index contributed by atoms with van der Waals surface area (Å²) in [6.07, 6.45) is 1.16. The number of nitrogens with one attached hydrogen (secondary N) is 1. The highest BCUT2D eigenvalue weighted by Gasteiger charge is 2.17. The van der Waals surface area contributed by atoms with Crippen molar-refractivity contribution in [2.75, 3.05) is 6.26 Å². The molecule has 3 aromatic rings. The van der Waals surface area contributed by atoms with Crippen molar-refractivity contribution in [1.82, 2.24) is 5.32 Å². The van der Waals surface area contributed by atoms with Crippen LogP contribution in [0.1, 0.15) is 34.5 Å². The van der Waals surface area contributed by atoms with Crippen molar-refractivity contribution >= 4 is 27.5 Å². The number of hydrogen-bond donors (Lipinski definition) is 1. The Morgan fingerprint density at radius 3 is 2.20 bits per heavy atom. The number of benzene rings is 3. The molecule has 1 unspecified atom stereocenters. The normalized spacial score (nSPS) is 12.0. The van der Waals surface area contributed by atoms with Gasteiger partial charge >= 0.3 is 0 Å². The predicted octanol–water partition coefficient (Wildman–Crippen LogP) is 4.60. The minimum Gasteiger partial charge on any atom is -0.345 e. The maximum absolute atomic E-state index is 12.9. The van der Waals surface area contributed by atoms with Crippen LogP contribution in [0.25, 0.3) is 0 Å². The smallest absolute Gasteiger partial charge is 0.252 e. The van der Waals surface area contributed by atoms with Crippen molar-refractivity contribution in [3.8, 4) is 6.07 Å². The zero-order chi connectivity index (χ0) is 21.7. The van der Waals surface area contributed by atoms with E-state index < -0.39 is 9.84 Å². The van der Waals surface area contributed by atoms with Crippen LogP contribution in [0, 0.1) is 11.3 Å². The first kappa shape index (κ1) is 21.6. The topological polar surface area (TPSA) is 87.0 Å². The second-order valence-electron chi connectivity index (χ2n) is 6.74. The number of carbonyl (C=O) groups is 1. The van der Waals surface area contributed by atoms with Crippen LogP contribution < -0.4 is 5.32 Å². The lowest BCUT2D eigenvalue weighted by Gasteiger charge is -2.16. The average molecular weight is 437 g/mol. The molecule has 0 aliphatic carbocycles. The van der Waals surface area contributed by atoms with E-state index in [2.05, 4.69) is 11.4 Å². The zero-order valence-corrected chi connectivity index (χ0v) is 18.1. The SMILES string of the molecule is CC(NC(=O)c1ccccc1Sc1ccccc1C#N)c1ccc(S(C)(=O)=O)cc1. The Hall–Kier alpha value is -3.08. The number of sulfone groups is 1. The summed E-state index contributed by atoms with van der Waals surface area (Å²) in [6, 6.07) is 22.8. The molecule has 1 amide bonds. The molecule has 152 valence electrons. The maximum atomic E-state index is 12.9. The molecule has 7 heteroatoms. The molecule has 1 N–H and O–H groups in total. The van der Waals surface area contributed by atoms with Gasteiger partial charge in [-0.15, -0.1) is 0 Å². The minimum atomic E-state index is -3.27. The van der Waals surface area contributed by atoms with Gasteiger partial charge in [0.15, 0.2) is 9.84 Å². The van der Waals surface area contributed by atoms with Gasteiger partial charge in [0.05, 0.1) is 22.1 Å². The number of carbonyl (C=O) groups excluding carboxylic acids is 1. The van der Waals surface area contributed by atoms with E-state index in [9.17, 15) is 18.5 Å². The van der Waals surface area contributed by atoms with Crippen molar-refractivity contribution in [1.29, 1.82) is 5.26 Å². The second kappa shape index (κ2) is 9.16. The predicted molar refractivity (Wildman–Crippen MR) is 117 cm³/mol. The molecule has 0 saturated heterocycles. The van der Waals surface area contributed by atoms with Crippen LogP contribution in [-0.2, 0) is 9.84 Å². The highest BCUT2D eigenvalue weighted by atomic mass is 32.2. The summed E-state index contributed by atoms with van der Waals surface area (Å²) < 4.78 is 23.2. The standard InChI is InChI=1S/C23H20N2O3S2/c1-16(17-11-13-19(14-12-17)30(2,27)28)25-23(26)20-8-4-6-10-22(20)29-21-9-5-3-7-18(21)15-24/h3-14,16H,1-2H3,(H,25,26). The van der Waals surface area contributed by atoms with Gasteiger partial charge in [-0.05, 0) is 48.9 Å². The summed E-state index contributed by atoms with van der Waals surface area (Å²) in [5.41, 5.74) is 1.86. The average Bonchev–Trinajstić information content (AvgIpc) is 2.74. The van der Waals surface area contributed by atoms with Crippen LogP contribution in [0.4, 0.5) is 0 Å². The molecule has 5 nitrogen and oxygen atoms in total. The number of nitriles is 1. The fraction of sp³-hybridized carbons (Fsp3) is 0.130. The van der Waals surface area contributed by atoms with Gasteiger partial charge in [-0.25, -0.2) is 8.42 Å². The molecular formula is C23H20N2O3S2. The lowest BCUT2D eigenvalue weighted by molar-refractivity contribution is 0.0937. The van der Waals surface area contributed by atoms with Crippen molar-refractivity contribution < 1.29 is 13.2 Å². The van der Waals surface area contributed by atoms with E-state index in [-0.39, 0.29) is 16.8 Å². The third-order valence-corrected chi connectivity index (χ3v) is 6.80. The fourth-order valence-corrected chi connectivity index (χ4v) is 4.53. The van der Waals surface area contributed by atoms with Crippen LogP contribution in [-0.4, -0.2) is 20.6 Å². The van der Waals surface area contributed by atoms with E-state index in [0.29, 0.717) is 11.1 Å². The Morgan fingerprint density at radius 1 is 0.967 bits per heavy atom. The van der Waals surface area contributed by atoms with Crippen molar-refractivity contribution in [2.24, 2.45) is 0 Å². The van der Waals surface area contributed by atoms with Gasteiger partial charge in [0.2, 0.25) is 0 Å². The van der Waals surface area contributed by atoms with Crippen LogP contribution in [0.2, 0.25) is 0 Å². The van der Waals surface area contributed by atoms with Gasteiger partial charge in [-0.2, -0.15) is 5.26 Å². The summed E-state index contributed by atoms with van der Waals surface area (Å²) in [5.74, 6) is -0.243. The van der Waals surface area contributed by atoms with Crippen LogP contribution >= 0.6 is 11.8 Å². The van der Waals surface area contributed by atoms with E-state index in [1.165, 1.54) is 23.9 Å². The largest absolute Gasteiger partial charge is 0.345 e. The van der Waals surface area contributed by atoms with E-state index in [4.69, 9.17) is 0 Å². The Balaban J connectivity index is 1.80. The highest BCUT2D eigenvalue weighted by Crippen LogP contribution is 2.32. The van der Waals surface area contributed by atoms with E-state index >= 15 is 0 Å². The van der Waals surface area contributed by atoms with Gasteiger partial charge in [-0.3, -0.25) is 4.79 Å². The molecule has 30 heavy (non-hydrogen) atoms. The lowest BCUT2D eigenvalue weighted by Crippen LogP contribution is -2.27. The molecule has 3 aromatic carbocycles. The van der Waals surface area contributed by atoms with Gasteiger partial charge in [0.1, 0.15) is 6.07 Å². The van der Waals surface area contributed by atoms with Crippen molar-refractivity contribution in [3.63, 3.8) is 0 Å². The Morgan fingerprint density at radius 2 is 1.57 bits per heavy atom. The first-order valence-corrected chi connectivity index (χ1v) is 11.9. The lowest BCUT2D eigenvalue weighted by atomic mass is 10.1. The third-order valence-electron chi connectivity index (χ3n) is 4.51. The minimum absolute atomic E-state index is 0.239. The summed E-state index contributed by atoms with van der Waals surface area (Å²) in [5, 5.41) is 12.3. The second-order valence-corrected chi connectivity index (χ2v) is 9.84. The van der Waals surface area contributed by atoms with E-state index in [1.807, 2.05) is 31.2 Å². The Kier molecular flexibility index (Phi) is 6.60. The van der Waals surface area contributed by atoms with E-state index in [1.54, 1.807) is 36.4 Å². The molecule has 1 atom stereocenters. The summed E-state index contributed by atoms with van der Waals surface area (Å²) in [4.78, 5) is 14.7. The van der Waals surface area contributed by atoms with Crippen LogP contribution in [0.3, 0.4) is 0 Å². The first-order valence-electron chi connectivity index (χ1n) is 9.16. The molecule has 0 saturated carbocycles. The van der Waals surface area contributed by atoms with Gasteiger partial charge in [-0.1, -0.05) is 48.2 Å². The molecule has 0 bridgehead atoms. The molecule has 3 rings (SSSR count). The van der Waals surface area contributed by atoms with E-state index in [0.717, 1.165) is 21.6 Å². The van der Waals surface area contributed by atoms with Crippen molar-refractivity contribution in [2.45, 2.75) is 27.7 Å². The van der Waals surface area contributed by atoms with Crippen LogP contribution in [0.5, 0.6) is 0 Å². The van der Waals surface area contributed by atoms with Gasteiger partial charge in [0, 0.05) is 16.0 Å². The number of nitrogens with zero attached hydrogens (tertiary/aromatic N) is 1. The van der Waals surface area contributed by atoms with Gasteiger partial charge in [0.25, 0.3) is 5.91 Å². The molecule has 0 aliphatic heterocycles. The van der Waals surface area contributed by atoms with Gasteiger partial charge < -0.3 is 5.32 Å². The molecule has 0 aromatic heterocycles. The zero-order valence-electron chi connectivity index (χ0n) is 16.5. The number of hydrogen-bond acceptors (Lipinski definition) is 5. The van der Waals surface area contributed by atoms with Crippen LogP contribution in [0.15, 0.2) is 87.5 Å². The molecule has 0 fully saturated rings. The number of amides is 1.